The van der Waals surface area contributed by atoms with Crippen LogP contribution in [-0.2, 0) is 18.9 Å². The van der Waals surface area contributed by atoms with E-state index in [0.717, 1.165) is 31.7 Å². The number of aromatic nitrogens is 5. The number of halogens is 1. The zero-order valence-corrected chi connectivity index (χ0v) is 18.6. The maximum Gasteiger partial charge on any atom is 0.329 e. The third kappa shape index (κ3) is 2.63. The van der Waals surface area contributed by atoms with Crippen molar-refractivity contribution in [3.8, 4) is 0 Å². The number of nitrogens with zero attached hydrogens (tertiary/aromatic N) is 6. The molecular formula is C21H16ClN7O2S. The Kier molecular flexibility index (Phi) is 4.11. The monoisotopic (exact) mass is 465 g/mol. The highest BCUT2D eigenvalue weighted by molar-refractivity contribution is 8.09. The average molecular weight is 466 g/mol. The van der Waals surface area contributed by atoms with E-state index in [1.165, 1.54) is 18.0 Å². The van der Waals surface area contributed by atoms with E-state index < -0.39 is 17.3 Å². The molecule has 32 heavy (non-hydrogen) atoms. The molecule has 2 unspecified atom stereocenters. The molecule has 3 aromatic heterocycles. The summed E-state index contributed by atoms with van der Waals surface area (Å²) in [6.45, 7) is 0. The minimum Gasteiger partial charge on any atom is -0.329 e. The normalized spacial score (nSPS) is 20.7. The molecule has 0 aliphatic carbocycles. The molecule has 4 aromatic rings. The smallest absolute Gasteiger partial charge is 0.329 e. The summed E-state index contributed by atoms with van der Waals surface area (Å²) in [6.07, 6.45) is 8.49. The van der Waals surface area contributed by atoms with Crippen molar-refractivity contribution in [3.05, 3.63) is 53.6 Å². The molecule has 3 amide bonds. The molecule has 160 valence electrons. The molecule has 11 heteroatoms. The maximum absolute atomic E-state index is 13.5. The molecular weight excluding hydrogens is 450 g/mol. The molecule has 1 fully saturated rings. The van der Waals surface area contributed by atoms with Crippen LogP contribution in [0, 0.1) is 0 Å². The summed E-state index contributed by atoms with van der Waals surface area (Å²) < 4.78 is 3.41. The zero-order valence-electron chi connectivity index (χ0n) is 17.0. The standard InChI is InChI=1S/C21H16ClN7O2S/c1-27-14-4-3-12(22)17(11(14)8-25-27)16-5-13-19(32-16)20(30)29(21(31)26-13)15-9-23-6-10-7-24-28(2)18(10)15/h3-9,13,19H,1-2H3,(H,26,31). The highest BCUT2D eigenvalue weighted by Crippen LogP contribution is 2.46. The van der Waals surface area contributed by atoms with Crippen molar-refractivity contribution in [1.29, 1.82) is 0 Å². The van der Waals surface area contributed by atoms with E-state index in [1.54, 1.807) is 35.0 Å². The number of imide groups is 1. The number of benzene rings is 1. The number of hydrogen-bond donors (Lipinski definition) is 1. The first-order valence-corrected chi connectivity index (χ1v) is 11.1. The number of nitrogens with one attached hydrogen (secondary N) is 1. The van der Waals surface area contributed by atoms with Crippen molar-refractivity contribution < 1.29 is 9.59 Å². The fraction of sp³-hybridized carbons (Fsp3) is 0.190. The summed E-state index contributed by atoms with van der Waals surface area (Å²) in [5.41, 5.74) is 2.83. The SMILES string of the molecule is Cn1ncc2c(C3=CC4NC(=O)N(c5cncc6cnn(C)c56)C(=O)C4S3)c(Cl)ccc21. The fourth-order valence-electron chi connectivity index (χ4n) is 4.35. The number of carbonyl (C=O) groups is 2. The molecule has 5 heterocycles. The summed E-state index contributed by atoms with van der Waals surface area (Å²) >= 11 is 7.96. The van der Waals surface area contributed by atoms with Crippen molar-refractivity contribution in [1.82, 2.24) is 29.9 Å². The molecule has 2 aliphatic heterocycles. The number of fused-ring (bicyclic) bond motifs is 3. The number of anilines is 1. The van der Waals surface area contributed by atoms with Crippen LogP contribution >= 0.6 is 23.4 Å². The number of carbonyl (C=O) groups excluding carboxylic acids is 2. The summed E-state index contributed by atoms with van der Waals surface area (Å²) in [7, 11) is 3.63. The van der Waals surface area contributed by atoms with Crippen LogP contribution in [0.4, 0.5) is 10.5 Å². The summed E-state index contributed by atoms with van der Waals surface area (Å²) in [5.74, 6) is -0.306. The second-order valence-corrected chi connectivity index (χ2v) is 9.30. The number of aryl methyl sites for hydroxylation is 2. The van der Waals surface area contributed by atoms with E-state index in [0.29, 0.717) is 16.2 Å². The number of amides is 3. The quantitative estimate of drug-likeness (QED) is 0.488. The predicted molar refractivity (Wildman–Crippen MR) is 123 cm³/mol. The Labute approximate surface area is 191 Å². The van der Waals surface area contributed by atoms with Gasteiger partial charge < -0.3 is 5.32 Å². The van der Waals surface area contributed by atoms with Gasteiger partial charge in [-0.15, -0.1) is 11.8 Å². The molecule has 1 N–H and O–H groups in total. The molecule has 9 nitrogen and oxygen atoms in total. The number of urea groups is 1. The van der Waals surface area contributed by atoms with Gasteiger partial charge in [0.05, 0.1) is 41.4 Å². The molecule has 0 spiro atoms. The number of pyridine rings is 1. The van der Waals surface area contributed by atoms with Gasteiger partial charge in [0.2, 0.25) is 0 Å². The first kappa shape index (κ1) is 19.3. The van der Waals surface area contributed by atoms with Crippen molar-refractivity contribution in [2.75, 3.05) is 4.90 Å². The summed E-state index contributed by atoms with van der Waals surface area (Å²) in [5, 5.41) is 13.2. The molecule has 0 bridgehead atoms. The summed E-state index contributed by atoms with van der Waals surface area (Å²) in [4.78, 5) is 32.7. The fourth-order valence-corrected chi connectivity index (χ4v) is 6.01. The molecule has 1 aromatic carbocycles. The van der Waals surface area contributed by atoms with Gasteiger partial charge in [-0.05, 0) is 18.2 Å². The molecule has 2 atom stereocenters. The second-order valence-electron chi connectivity index (χ2n) is 7.71. The van der Waals surface area contributed by atoms with Crippen LogP contribution < -0.4 is 10.2 Å². The Morgan fingerprint density at radius 3 is 2.72 bits per heavy atom. The van der Waals surface area contributed by atoms with E-state index in [1.807, 2.05) is 25.3 Å². The van der Waals surface area contributed by atoms with E-state index >= 15 is 0 Å². The van der Waals surface area contributed by atoms with Crippen molar-refractivity contribution in [2.45, 2.75) is 11.3 Å². The van der Waals surface area contributed by atoms with Gasteiger partial charge in [0.25, 0.3) is 5.91 Å². The highest BCUT2D eigenvalue weighted by Gasteiger charge is 2.46. The first-order valence-electron chi connectivity index (χ1n) is 9.83. The van der Waals surface area contributed by atoms with Gasteiger partial charge in [-0.2, -0.15) is 10.2 Å². The summed E-state index contributed by atoms with van der Waals surface area (Å²) in [6, 6.07) is 2.81. The van der Waals surface area contributed by atoms with Gasteiger partial charge in [0, 0.05) is 46.6 Å². The van der Waals surface area contributed by atoms with Crippen LogP contribution in [0.5, 0.6) is 0 Å². The lowest BCUT2D eigenvalue weighted by Gasteiger charge is -2.33. The van der Waals surface area contributed by atoms with Gasteiger partial charge in [-0.1, -0.05) is 11.6 Å². The van der Waals surface area contributed by atoms with E-state index in [4.69, 9.17) is 11.6 Å². The zero-order chi connectivity index (χ0) is 22.1. The van der Waals surface area contributed by atoms with Crippen LogP contribution in [0.25, 0.3) is 26.7 Å². The van der Waals surface area contributed by atoms with Crippen LogP contribution in [0.3, 0.4) is 0 Å². The average Bonchev–Trinajstić information content (AvgIpc) is 3.46. The molecule has 0 radical (unpaired) electrons. The third-order valence-corrected chi connectivity index (χ3v) is 7.51. The van der Waals surface area contributed by atoms with E-state index in [9.17, 15) is 9.59 Å². The Morgan fingerprint density at radius 2 is 1.88 bits per heavy atom. The Bertz CT molecular complexity index is 1490. The van der Waals surface area contributed by atoms with Gasteiger partial charge >= 0.3 is 6.03 Å². The van der Waals surface area contributed by atoms with Crippen LogP contribution in [0.1, 0.15) is 5.56 Å². The number of thioether (sulfide) groups is 1. The molecule has 0 saturated carbocycles. The van der Waals surface area contributed by atoms with Crippen molar-refractivity contribution in [3.63, 3.8) is 0 Å². The lowest BCUT2D eigenvalue weighted by Crippen LogP contribution is -2.60. The highest BCUT2D eigenvalue weighted by atomic mass is 35.5. The third-order valence-electron chi connectivity index (χ3n) is 5.86. The topological polar surface area (TPSA) is 97.9 Å². The van der Waals surface area contributed by atoms with Crippen LogP contribution in [0.15, 0.2) is 43.0 Å². The Hall–Kier alpha value is -3.37. The number of rotatable bonds is 2. The molecule has 2 aliphatic rings. The van der Waals surface area contributed by atoms with Gasteiger partial charge in [0.1, 0.15) is 5.25 Å². The molecule has 6 rings (SSSR count). The lowest BCUT2D eigenvalue weighted by atomic mass is 10.1. The maximum atomic E-state index is 13.5. The minimum absolute atomic E-state index is 0.306. The predicted octanol–water partition coefficient (Wildman–Crippen LogP) is 3.09. The Morgan fingerprint density at radius 1 is 1.06 bits per heavy atom. The molecule has 1 saturated heterocycles. The van der Waals surface area contributed by atoms with E-state index in [-0.39, 0.29) is 5.91 Å². The first-order chi connectivity index (χ1) is 15.4. The lowest BCUT2D eigenvalue weighted by molar-refractivity contribution is -0.118. The minimum atomic E-state index is -0.519. The van der Waals surface area contributed by atoms with Crippen LogP contribution in [0.2, 0.25) is 5.02 Å². The van der Waals surface area contributed by atoms with Crippen LogP contribution in [-0.4, -0.2) is 47.8 Å². The van der Waals surface area contributed by atoms with Crippen molar-refractivity contribution in [2.24, 2.45) is 14.1 Å². The Balaban J connectivity index is 1.41. The van der Waals surface area contributed by atoms with E-state index in [2.05, 4.69) is 20.5 Å². The largest absolute Gasteiger partial charge is 0.329 e. The van der Waals surface area contributed by atoms with Gasteiger partial charge in [-0.25, -0.2) is 9.69 Å². The van der Waals surface area contributed by atoms with Crippen molar-refractivity contribution >= 4 is 67.7 Å². The number of hydrogen-bond acceptors (Lipinski definition) is 6. The second kappa shape index (κ2) is 6.81. The van der Waals surface area contributed by atoms with Gasteiger partial charge in [0.15, 0.2) is 0 Å². The van der Waals surface area contributed by atoms with Gasteiger partial charge in [-0.3, -0.25) is 19.1 Å².